The van der Waals surface area contributed by atoms with E-state index in [-0.39, 0.29) is 5.56 Å². The molecule has 0 atom stereocenters. The molecule has 0 aliphatic rings. The van der Waals surface area contributed by atoms with Crippen molar-refractivity contribution in [3.63, 3.8) is 0 Å². The van der Waals surface area contributed by atoms with E-state index >= 15 is 0 Å². The van der Waals surface area contributed by atoms with E-state index in [1.807, 2.05) is 5.38 Å². The zero-order valence-corrected chi connectivity index (χ0v) is 10.4. The van der Waals surface area contributed by atoms with E-state index in [4.69, 9.17) is 0 Å². The van der Waals surface area contributed by atoms with E-state index in [0.717, 1.165) is 18.5 Å². The molecule has 0 saturated carbocycles. The van der Waals surface area contributed by atoms with E-state index in [9.17, 15) is 4.79 Å². The Labute approximate surface area is 99.3 Å². The number of aryl methyl sites for hydroxylation is 2. The molecule has 2 aromatic rings. The summed E-state index contributed by atoms with van der Waals surface area (Å²) in [6.45, 7) is 4.24. The Kier molecular flexibility index (Phi) is 3.25. The maximum Gasteiger partial charge on any atom is 0.265 e. The zero-order valence-electron chi connectivity index (χ0n) is 9.56. The van der Waals surface area contributed by atoms with Crippen molar-refractivity contribution in [2.45, 2.75) is 26.7 Å². The lowest BCUT2D eigenvalue weighted by atomic mass is 10.0. The Bertz CT molecular complexity index is 517. The first-order chi connectivity index (χ1) is 7.77. The van der Waals surface area contributed by atoms with Gasteiger partial charge in [0, 0.05) is 11.4 Å². The Morgan fingerprint density at radius 3 is 2.19 bits per heavy atom. The van der Waals surface area contributed by atoms with Crippen LogP contribution in [-0.2, 0) is 12.8 Å². The lowest BCUT2D eigenvalue weighted by molar-refractivity contribution is 0.997. The monoisotopic (exact) mass is 233 g/mol. The van der Waals surface area contributed by atoms with E-state index in [1.165, 1.54) is 22.7 Å². The summed E-state index contributed by atoms with van der Waals surface area (Å²) in [7, 11) is 0. The van der Waals surface area contributed by atoms with E-state index in [0.29, 0.717) is 0 Å². The van der Waals surface area contributed by atoms with E-state index < -0.39 is 0 Å². The average Bonchev–Trinajstić information content (AvgIpc) is 2.74. The normalized spacial score (nSPS) is 10.6. The first-order valence-corrected chi connectivity index (χ1v) is 6.39. The summed E-state index contributed by atoms with van der Waals surface area (Å²) in [5, 5.41) is 1.84. The van der Waals surface area contributed by atoms with Gasteiger partial charge in [0.05, 0.1) is 5.69 Å². The van der Waals surface area contributed by atoms with Gasteiger partial charge in [-0.15, -0.1) is 0 Å². The van der Waals surface area contributed by atoms with Crippen LogP contribution in [0.15, 0.2) is 34.4 Å². The smallest absolute Gasteiger partial charge is 0.265 e. The van der Waals surface area contributed by atoms with Gasteiger partial charge in [0.1, 0.15) is 0 Å². The summed E-state index contributed by atoms with van der Waals surface area (Å²) in [6, 6.07) is 7.89. The van der Waals surface area contributed by atoms with Gasteiger partial charge in [-0.25, -0.2) is 3.96 Å². The Hall–Kier alpha value is -1.35. The molecule has 0 N–H and O–H groups in total. The van der Waals surface area contributed by atoms with Gasteiger partial charge < -0.3 is 0 Å². The molecular formula is C13H15NOS. The number of nitrogens with zero attached hydrogens (tertiary/aromatic N) is 1. The van der Waals surface area contributed by atoms with Crippen LogP contribution in [0.25, 0.3) is 5.69 Å². The molecule has 1 heterocycles. The highest BCUT2D eigenvalue weighted by Crippen LogP contribution is 2.21. The lowest BCUT2D eigenvalue weighted by Crippen LogP contribution is -2.13. The number of rotatable bonds is 3. The second-order valence-corrected chi connectivity index (χ2v) is 4.52. The van der Waals surface area contributed by atoms with Crippen molar-refractivity contribution in [3.05, 3.63) is 51.1 Å². The maximum atomic E-state index is 11.7. The third-order valence-corrected chi connectivity index (χ3v) is 3.58. The molecule has 2 rings (SSSR count). The Balaban J connectivity index is 2.71. The molecule has 0 saturated heterocycles. The highest BCUT2D eigenvalue weighted by atomic mass is 32.1. The third-order valence-electron chi connectivity index (χ3n) is 2.75. The predicted octanol–water partition coefficient (Wildman–Crippen LogP) is 3.02. The molecule has 1 aromatic heterocycles. The van der Waals surface area contributed by atoms with Crippen molar-refractivity contribution < 1.29 is 0 Å². The molecule has 16 heavy (non-hydrogen) atoms. The van der Waals surface area contributed by atoms with Gasteiger partial charge in [-0.05, 0) is 24.0 Å². The second kappa shape index (κ2) is 4.66. The predicted molar refractivity (Wildman–Crippen MR) is 68.7 cm³/mol. The molecule has 84 valence electrons. The lowest BCUT2D eigenvalue weighted by Gasteiger charge is -2.12. The minimum absolute atomic E-state index is 0.0700. The zero-order chi connectivity index (χ0) is 11.5. The summed E-state index contributed by atoms with van der Waals surface area (Å²) in [6.07, 6.45) is 1.90. The van der Waals surface area contributed by atoms with Crippen molar-refractivity contribution in [2.75, 3.05) is 0 Å². The van der Waals surface area contributed by atoms with Gasteiger partial charge in [-0.3, -0.25) is 4.79 Å². The average molecular weight is 233 g/mol. The van der Waals surface area contributed by atoms with Crippen LogP contribution < -0.4 is 5.56 Å². The van der Waals surface area contributed by atoms with Gasteiger partial charge in [0.15, 0.2) is 0 Å². The molecule has 0 fully saturated rings. The summed E-state index contributed by atoms with van der Waals surface area (Å²) in [5.41, 5.74) is 3.64. The highest BCUT2D eigenvalue weighted by Gasteiger charge is 2.10. The van der Waals surface area contributed by atoms with Crippen LogP contribution in [-0.4, -0.2) is 3.96 Å². The van der Waals surface area contributed by atoms with Crippen molar-refractivity contribution in [2.24, 2.45) is 0 Å². The van der Waals surface area contributed by atoms with Gasteiger partial charge in [-0.2, -0.15) is 0 Å². The summed E-state index contributed by atoms with van der Waals surface area (Å²) < 4.78 is 1.79. The van der Waals surface area contributed by atoms with Crippen LogP contribution in [0.3, 0.4) is 0 Å². The number of hydrogen-bond acceptors (Lipinski definition) is 2. The molecule has 2 nitrogen and oxygen atoms in total. The van der Waals surface area contributed by atoms with Crippen LogP contribution in [0.4, 0.5) is 0 Å². The fourth-order valence-electron chi connectivity index (χ4n) is 1.91. The number of aromatic nitrogens is 1. The quantitative estimate of drug-likeness (QED) is 0.798. The first-order valence-electron chi connectivity index (χ1n) is 5.56. The standard InChI is InChI=1S/C13H15NOS/c1-3-10-6-5-7-11(4-2)13(10)14-12(15)8-9-16-14/h5-9H,3-4H2,1-2H3. The molecule has 0 spiro atoms. The van der Waals surface area contributed by atoms with Crippen molar-refractivity contribution in [3.8, 4) is 5.69 Å². The molecule has 0 radical (unpaired) electrons. The molecule has 0 unspecified atom stereocenters. The second-order valence-electron chi connectivity index (χ2n) is 3.67. The van der Waals surface area contributed by atoms with Gasteiger partial charge >= 0.3 is 0 Å². The van der Waals surface area contributed by atoms with Gasteiger partial charge in [-0.1, -0.05) is 43.6 Å². The Morgan fingerprint density at radius 1 is 1.12 bits per heavy atom. The molecule has 0 aliphatic heterocycles. The molecule has 1 aromatic carbocycles. The fourth-order valence-corrected chi connectivity index (χ4v) is 2.71. The van der Waals surface area contributed by atoms with E-state index in [2.05, 4.69) is 32.0 Å². The molecule has 0 bridgehead atoms. The molecule has 3 heteroatoms. The third kappa shape index (κ3) is 1.83. The highest BCUT2D eigenvalue weighted by molar-refractivity contribution is 7.04. The number of benzene rings is 1. The minimum Gasteiger partial charge on any atom is -0.268 e. The SMILES string of the molecule is CCc1cccc(CC)c1-n1sccc1=O. The molecule has 0 aliphatic carbocycles. The summed E-state index contributed by atoms with van der Waals surface area (Å²) >= 11 is 1.47. The van der Waals surface area contributed by atoms with Crippen molar-refractivity contribution in [1.82, 2.24) is 3.96 Å². The summed E-state index contributed by atoms with van der Waals surface area (Å²) in [5.74, 6) is 0. The van der Waals surface area contributed by atoms with Gasteiger partial charge in [0.2, 0.25) is 0 Å². The number of para-hydroxylation sites is 1. The van der Waals surface area contributed by atoms with Crippen LogP contribution >= 0.6 is 11.5 Å². The maximum absolute atomic E-state index is 11.7. The van der Waals surface area contributed by atoms with Crippen LogP contribution in [0.2, 0.25) is 0 Å². The number of hydrogen-bond donors (Lipinski definition) is 0. The molecule has 0 amide bonds. The van der Waals surface area contributed by atoms with E-state index in [1.54, 1.807) is 10.0 Å². The molecular weight excluding hydrogens is 218 g/mol. The largest absolute Gasteiger partial charge is 0.268 e. The summed E-state index contributed by atoms with van der Waals surface area (Å²) in [4.78, 5) is 11.7. The van der Waals surface area contributed by atoms with Crippen LogP contribution in [0.5, 0.6) is 0 Å². The van der Waals surface area contributed by atoms with Crippen LogP contribution in [0.1, 0.15) is 25.0 Å². The topological polar surface area (TPSA) is 22.0 Å². The Morgan fingerprint density at radius 2 is 1.75 bits per heavy atom. The van der Waals surface area contributed by atoms with Crippen molar-refractivity contribution >= 4 is 11.5 Å². The van der Waals surface area contributed by atoms with Crippen LogP contribution in [0, 0.1) is 0 Å². The minimum atomic E-state index is 0.0700. The van der Waals surface area contributed by atoms with Crippen molar-refractivity contribution in [1.29, 1.82) is 0 Å². The fraction of sp³-hybridized carbons (Fsp3) is 0.308. The first kappa shape index (κ1) is 11.1. The van der Waals surface area contributed by atoms with Gasteiger partial charge in [0.25, 0.3) is 5.56 Å².